The van der Waals surface area contributed by atoms with Crippen molar-refractivity contribution in [1.82, 2.24) is 5.32 Å². The minimum Gasteiger partial charge on any atom is -0.388 e. The van der Waals surface area contributed by atoms with E-state index in [4.69, 9.17) is 23.2 Å². The smallest absolute Gasteiger partial charge is 0.253 e. The molecule has 0 bridgehead atoms. The van der Waals surface area contributed by atoms with Crippen LogP contribution in [0.2, 0.25) is 10.0 Å². The van der Waals surface area contributed by atoms with Gasteiger partial charge in [-0.2, -0.15) is 0 Å². The Bertz CT molecular complexity index is 553. The molecule has 3 nitrogen and oxygen atoms in total. The van der Waals surface area contributed by atoms with E-state index in [2.05, 4.69) is 12.2 Å². The minimum absolute atomic E-state index is 0.0195. The van der Waals surface area contributed by atoms with Crippen LogP contribution >= 0.6 is 23.2 Å². The third-order valence-corrected chi connectivity index (χ3v) is 4.50. The van der Waals surface area contributed by atoms with Gasteiger partial charge >= 0.3 is 0 Å². The van der Waals surface area contributed by atoms with Crippen LogP contribution in [0, 0.1) is 11.7 Å². The van der Waals surface area contributed by atoms with Crippen molar-refractivity contribution in [1.29, 1.82) is 0 Å². The van der Waals surface area contributed by atoms with Gasteiger partial charge in [-0.05, 0) is 30.9 Å². The van der Waals surface area contributed by atoms with Crippen molar-refractivity contribution in [2.24, 2.45) is 5.92 Å². The Labute approximate surface area is 133 Å². The fourth-order valence-corrected chi connectivity index (χ4v) is 3.30. The normalized spacial score (nSPS) is 25.7. The summed E-state index contributed by atoms with van der Waals surface area (Å²) in [7, 11) is 0. The highest BCUT2D eigenvalue weighted by Crippen LogP contribution is 2.32. The molecule has 0 saturated heterocycles. The first-order valence-corrected chi connectivity index (χ1v) is 7.71. The number of rotatable bonds is 3. The zero-order valence-corrected chi connectivity index (χ0v) is 13.3. The summed E-state index contributed by atoms with van der Waals surface area (Å²) in [6, 6.07) is 2.21. The van der Waals surface area contributed by atoms with Crippen LogP contribution in [0.4, 0.5) is 4.39 Å². The van der Waals surface area contributed by atoms with Gasteiger partial charge in [-0.3, -0.25) is 4.79 Å². The highest BCUT2D eigenvalue weighted by atomic mass is 35.5. The van der Waals surface area contributed by atoms with Gasteiger partial charge in [0.2, 0.25) is 0 Å². The lowest BCUT2D eigenvalue weighted by Gasteiger charge is -2.35. The van der Waals surface area contributed by atoms with Crippen LogP contribution in [0.25, 0.3) is 0 Å². The second-order valence-corrected chi connectivity index (χ2v) is 6.67. The second-order valence-electron chi connectivity index (χ2n) is 5.85. The third-order valence-electron chi connectivity index (χ3n) is 3.90. The number of aliphatic hydroxyl groups is 1. The van der Waals surface area contributed by atoms with Crippen molar-refractivity contribution in [2.45, 2.75) is 38.2 Å². The summed E-state index contributed by atoms with van der Waals surface area (Å²) in [5.41, 5.74) is -0.879. The molecule has 1 saturated carbocycles. The number of carbonyl (C=O) groups excluding carboxylic acids is 1. The highest BCUT2D eigenvalue weighted by Gasteiger charge is 2.33. The zero-order chi connectivity index (χ0) is 15.6. The van der Waals surface area contributed by atoms with E-state index >= 15 is 0 Å². The van der Waals surface area contributed by atoms with Crippen molar-refractivity contribution in [2.75, 3.05) is 6.54 Å². The maximum absolute atomic E-state index is 13.4. The average Bonchev–Trinajstić information content (AvgIpc) is 2.40. The highest BCUT2D eigenvalue weighted by molar-refractivity contribution is 6.36. The predicted molar refractivity (Wildman–Crippen MR) is 81.3 cm³/mol. The molecule has 2 rings (SSSR count). The molecular weight excluding hydrogens is 316 g/mol. The molecule has 0 radical (unpaired) electrons. The Morgan fingerprint density at radius 3 is 2.86 bits per heavy atom. The van der Waals surface area contributed by atoms with Crippen LogP contribution in [0.3, 0.4) is 0 Å². The Morgan fingerprint density at radius 2 is 2.19 bits per heavy atom. The lowest BCUT2D eigenvalue weighted by atomic mass is 9.79. The molecule has 0 spiro atoms. The third kappa shape index (κ3) is 4.09. The SMILES string of the molecule is CC1CCCC(O)(CNC(=O)c2cc(F)c(Cl)cc2Cl)C1. The summed E-state index contributed by atoms with van der Waals surface area (Å²) >= 11 is 11.5. The Balaban J connectivity index is 2.03. The summed E-state index contributed by atoms with van der Waals surface area (Å²) in [5.74, 6) is -0.782. The first-order chi connectivity index (χ1) is 9.81. The van der Waals surface area contributed by atoms with Gasteiger partial charge < -0.3 is 10.4 Å². The molecule has 1 aromatic rings. The minimum atomic E-state index is -0.898. The monoisotopic (exact) mass is 333 g/mol. The molecular formula is C15H18Cl2FNO2. The number of hydrogen-bond acceptors (Lipinski definition) is 2. The Hall–Kier alpha value is -0.840. The number of nitrogens with one attached hydrogen (secondary N) is 1. The molecule has 21 heavy (non-hydrogen) atoms. The molecule has 0 aliphatic heterocycles. The number of amides is 1. The molecule has 0 aromatic heterocycles. The summed E-state index contributed by atoms with van der Waals surface area (Å²) in [6.07, 6.45) is 3.32. The van der Waals surface area contributed by atoms with Crippen LogP contribution in [0.15, 0.2) is 12.1 Å². The Kier molecular flexibility index (Phi) is 5.12. The summed E-state index contributed by atoms with van der Waals surface area (Å²) < 4.78 is 13.4. The van der Waals surface area contributed by atoms with E-state index in [0.717, 1.165) is 18.9 Å². The van der Waals surface area contributed by atoms with E-state index in [1.807, 2.05) is 0 Å². The van der Waals surface area contributed by atoms with E-state index < -0.39 is 17.3 Å². The predicted octanol–water partition coefficient (Wildman–Crippen LogP) is 3.80. The lowest BCUT2D eigenvalue weighted by Crippen LogP contribution is -2.45. The van der Waals surface area contributed by atoms with Crippen LogP contribution in [0.5, 0.6) is 0 Å². The van der Waals surface area contributed by atoms with E-state index in [9.17, 15) is 14.3 Å². The van der Waals surface area contributed by atoms with Crippen LogP contribution in [0.1, 0.15) is 43.0 Å². The van der Waals surface area contributed by atoms with Gasteiger partial charge in [0.25, 0.3) is 5.91 Å². The largest absolute Gasteiger partial charge is 0.388 e. The summed E-state index contributed by atoms with van der Waals surface area (Å²) in [4.78, 5) is 12.1. The van der Waals surface area contributed by atoms with Gasteiger partial charge in [-0.1, -0.05) is 43.0 Å². The van der Waals surface area contributed by atoms with E-state index in [1.54, 1.807) is 0 Å². The molecule has 1 fully saturated rings. The van der Waals surface area contributed by atoms with Crippen molar-refractivity contribution in [3.63, 3.8) is 0 Å². The number of carbonyl (C=O) groups is 1. The van der Waals surface area contributed by atoms with Gasteiger partial charge in [0.15, 0.2) is 0 Å². The van der Waals surface area contributed by atoms with Crippen LogP contribution in [-0.2, 0) is 0 Å². The van der Waals surface area contributed by atoms with Crippen molar-refractivity contribution >= 4 is 29.1 Å². The first-order valence-electron chi connectivity index (χ1n) is 6.96. The van der Waals surface area contributed by atoms with Crippen LogP contribution < -0.4 is 5.32 Å². The molecule has 1 aromatic carbocycles. The fourth-order valence-electron chi connectivity index (χ4n) is 2.83. The van der Waals surface area contributed by atoms with E-state index in [0.29, 0.717) is 18.8 Å². The van der Waals surface area contributed by atoms with E-state index in [1.165, 1.54) is 6.07 Å². The van der Waals surface area contributed by atoms with Crippen molar-refractivity contribution in [3.05, 3.63) is 33.6 Å². The standard InChI is InChI=1S/C15H18Cl2FNO2/c1-9-3-2-4-15(21,7-9)8-19-14(20)10-5-13(18)12(17)6-11(10)16/h5-6,9,21H,2-4,7-8H2,1H3,(H,19,20). The van der Waals surface area contributed by atoms with E-state index in [-0.39, 0.29) is 22.2 Å². The molecule has 116 valence electrons. The first kappa shape index (κ1) is 16.5. The molecule has 6 heteroatoms. The molecule has 1 aliphatic rings. The molecule has 2 atom stereocenters. The molecule has 1 amide bonds. The summed E-state index contributed by atoms with van der Waals surface area (Å²) in [5, 5.41) is 13.1. The van der Waals surface area contributed by atoms with Gasteiger partial charge in [0.05, 0.1) is 21.2 Å². The van der Waals surface area contributed by atoms with Gasteiger partial charge in [0, 0.05) is 6.54 Å². The van der Waals surface area contributed by atoms with Gasteiger partial charge in [-0.25, -0.2) is 4.39 Å². The quantitative estimate of drug-likeness (QED) is 0.826. The lowest BCUT2D eigenvalue weighted by molar-refractivity contribution is -0.0109. The number of benzene rings is 1. The maximum atomic E-state index is 13.4. The molecule has 2 N–H and O–H groups in total. The summed E-state index contributed by atoms with van der Waals surface area (Å²) in [6.45, 7) is 2.22. The Morgan fingerprint density at radius 1 is 1.48 bits per heavy atom. The van der Waals surface area contributed by atoms with Crippen LogP contribution in [-0.4, -0.2) is 23.2 Å². The fraction of sp³-hybridized carbons (Fsp3) is 0.533. The maximum Gasteiger partial charge on any atom is 0.253 e. The molecule has 2 unspecified atom stereocenters. The number of hydrogen-bond donors (Lipinski definition) is 2. The van der Waals surface area contributed by atoms with Crippen molar-refractivity contribution in [3.8, 4) is 0 Å². The van der Waals surface area contributed by atoms with Gasteiger partial charge in [-0.15, -0.1) is 0 Å². The zero-order valence-electron chi connectivity index (χ0n) is 11.8. The second kappa shape index (κ2) is 6.51. The van der Waals surface area contributed by atoms with Gasteiger partial charge in [0.1, 0.15) is 5.82 Å². The van der Waals surface area contributed by atoms with Crippen molar-refractivity contribution < 1.29 is 14.3 Å². The number of halogens is 3. The topological polar surface area (TPSA) is 49.3 Å². The average molecular weight is 334 g/mol. The molecule has 0 heterocycles. The molecule has 1 aliphatic carbocycles.